The smallest absolute Gasteiger partial charge is 0.312 e. The average molecular weight is 278 g/mol. The minimum Gasteiger partial charge on any atom is -0.490 e. The van der Waals surface area contributed by atoms with E-state index in [9.17, 15) is 14.9 Å². The van der Waals surface area contributed by atoms with Gasteiger partial charge in [-0.15, -0.1) is 0 Å². The minimum atomic E-state index is -0.556. The zero-order chi connectivity index (χ0) is 13.8. The number of thiophene rings is 1. The van der Waals surface area contributed by atoms with Gasteiger partial charge in [0.15, 0.2) is 5.75 Å². The number of nitro groups is 1. The molecule has 7 heteroatoms. The number of hydrogen-bond donors (Lipinski definition) is 1. The Bertz CT molecular complexity index is 610. The van der Waals surface area contributed by atoms with Crippen LogP contribution in [-0.4, -0.2) is 17.9 Å². The highest BCUT2D eigenvalue weighted by Gasteiger charge is 2.16. The Hall–Kier alpha value is -2.41. The molecule has 1 heterocycles. The first-order valence-corrected chi connectivity index (χ1v) is 6.22. The number of nitrogens with one attached hydrogen (secondary N) is 1. The Labute approximate surface area is 112 Å². The lowest BCUT2D eigenvalue weighted by molar-refractivity contribution is -0.385. The summed E-state index contributed by atoms with van der Waals surface area (Å²) in [5.74, 6) is -0.153. The van der Waals surface area contributed by atoms with Crippen molar-refractivity contribution < 1.29 is 14.5 Å². The molecule has 0 bridgehead atoms. The summed E-state index contributed by atoms with van der Waals surface area (Å²) in [7, 11) is 1.35. The second-order valence-electron chi connectivity index (χ2n) is 3.61. The van der Waals surface area contributed by atoms with Crippen LogP contribution in [0.25, 0.3) is 0 Å². The Morgan fingerprint density at radius 2 is 2.21 bits per heavy atom. The summed E-state index contributed by atoms with van der Waals surface area (Å²) in [4.78, 5) is 22.1. The van der Waals surface area contributed by atoms with Crippen LogP contribution in [0.2, 0.25) is 0 Å². The van der Waals surface area contributed by atoms with Gasteiger partial charge in [-0.25, -0.2) is 0 Å². The Kier molecular flexibility index (Phi) is 3.76. The predicted molar refractivity (Wildman–Crippen MR) is 71.9 cm³/mol. The van der Waals surface area contributed by atoms with Crippen LogP contribution in [0.15, 0.2) is 35.0 Å². The zero-order valence-electron chi connectivity index (χ0n) is 9.95. The first kappa shape index (κ1) is 13.0. The van der Waals surface area contributed by atoms with Crippen molar-refractivity contribution >= 4 is 28.6 Å². The van der Waals surface area contributed by atoms with Crippen LogP contribution in [-0.2, 0) is 0 Å². The molecule has 6 nitrogen and oxygen atoms in total. The van der Waals surface area contributed by atoms with E-state index in [-0.39, 0.29) is 17.3 Å². The van der Waals surface area contributed by atoms with E-state index in [1.54, 1.807) is 22.9 Å². The van der Waals surface area contributed by atoms with Gasteiger partial charge < -0.3 is 10.1 Å². The van der Waals surface area contributed by atoms with Crippen molar-refractivity contribution in [3.63, 3.8) is 0 Å². The molecule has 2 aromatic rings. The number of nitro benzene ring substituents is 1. The molecule has 0 saturated carbocycles. The van der Waals surface area contributed by atoms with Gasteiger partial charge in [-0.05, 0) is 23.6 Å². The molecule has 0 spiro atoms. The molecule has 0 aliphatic heterocycles. The third-order valence-electron chi connectivity index (χ3n) is 2.42. The predicted octanol–water partition coefficient (Wildman–Crippen LogP) is 2.92. The number of anilines is 1. The van der Waals surface area contributed by atoms with Gasteiger partial charge in [-0.1, -0.05) is 0 Å². The van der Waals surface area contributed by atoms with Crippen LogP contribution < -0.4 is 10.1 Å². The number of carbonyl (C=O) groups is 1. The van der Waals surface area contributed by atoms with E-state index in [0.717, 1.165) is 0 Å². The number of methoxy groups -OCH3 is 1. The topological polar surface area (TPSA) is 81.5 Å². The fraction of sp³-hybridized carbons (Fsp3) is 0.0833. The van der Waals surface area contributed by atoms with E-state index in [1.807, 2.05) is 0 Å². The van der Waals surface area contributed by atoms with Crippen molar-refractivity contribution in [1.29, 1.82) is 0 Å². The van der Waals surface area contributed by atoms with Gasteiger partial charge in [0.2, 0.25) is 0 Å². The second kappa shape index (κ2) is 5.49. The molecule has 1 aromatic carbocycles. The molecule has 0 aliphatic carbocycles. The molecule has 1 N–H and O–H groups in total. The molecule has 0 saturated heterocycles. The summed E-state index contributed by atoms with van der Waals surface area (Å²) in [6.45, 7) is 0. The normalized spacial score (nSPS) is 9.95. The summed E-state index contributed by atoms with van der Waals surface area (Å²) >= 11 is 1.40. The van der Waals surface area contributed by atoms with Gasteiger partial charge in [-0.3, -0.25) is 14.9 Å². The number of rotatable bonds is 4. The average Bonchev–Trinajstić information content (AvgIpc) is 2.92. The van der Waals surface area contributed by atoms with E-state index >= 15 is 0 Å². The van der Waals surface area contributed by atoms with Gasteiger partial charge in [0.25, 0.3) is 5.91 Å². The van der Waals surface area contributed by atoms with Crippen molar-refractivity contribution in [3.8, 4) is 5.75 Å². The molecular weight excluding hydrogens is 268 g/mol. The maximum atomic E-state index is 11.8. The number of carbonyl (C=O) groups excluding carboxylic acids is 1. The van der Waals surface area contributed by atoms with Crippen molar-refractivity contribution in [2.24, 2.45) is 0 Å². The Morgan fingerprint density at radius 1 is 1.42 bits per heavy atom. The summed E-state index contributed by atoms with van der Waals surface area (Å²) in [6.07, 6.45) is 0. The van der Waals surface area contributed by atoms with Crippen molar-refractivity contribution in [3.05, 3.63) is 50.7 Å². The number of ether oxygens (including phenoxy) is 1. The largest absolute Gasteiger partial charge is 0.490 e. The third-order valence-corrected chi connectivity index (χ3v) is 3.10. The summed E-state index contributed by atoms with van der Waals surface area (Å²) in [5.41, 5.74) is 0.679. The Balaban J connectivity index is 2.24. The van der Waals surface area contributed by atoms with E-state index in [1.165, 1.54) is 30.6 Å². The fourth-order valence-electron chi connectivity index (χ4n) is 1.51. The summed E-state index contributed by atoms with van der Waals surface area (Å²) in [5, 5.41) is 16.9. The fourth-order valence-corrected chi connectivity index (χ4v) is 2.14. The lowest BCUT2D eigenvalue weighted by Gasteiger charge is -2.06. The highest BCUT2D eigenvalue weighted by molar-refractivity contribution is 7.08. The minimum absolute atomic E-state index is 0.151. The van der Waals surface area contributed by atoms with E-state index in [0.29, 0.717) is 11.3 Å². The SMILES string of the molecule is COc1ccc(NC(=O)c2ccsc2)cc1[N+](=O)[O-]. The number of hydrogen-bond acceptors (Lipinski definition) is 5. The van der Waals surface area contributed by atoms with Crippen LogP contribution in [0.4, 0.5) is 11.4 Å². The van der Waals surface area contributed by atoms with Crippen LogP contribution >= 0.6 is 11.3 Å². The number of benzene rings is 1. The maximum absolute atomic E-state index is 11.8. The van der Waals surface area contributed by atoms with Crippen LogP contribution in [0.3, 0.4) is 0 Å². The molecule has 1 aromatic heterocycles. The lowest BCUT2D eigenvalue weighted by Crippen LogP contribution is -2.11. The maximum Gasteiger partial charge on any atom is 0.312 e. The molecule has 98 valence electrons. The van der Waals surface area contributed by atoms with Crippen molar-refractivity contribution in [2.45, 2.75) is 0 Å². The molecule has 0 fully saturated rings. The summed E-state index contributed by atoms with van der Waals surface area (Å²) in [6, 6.07) is 5.94. The quantitative estimate of drug-likeness (QED) is 0.688. The first-order valence-electron chi connectivity index (χ1n) is 5.28. The van der Waals surface area contributed by atoms with Crippen LogP contribution in [0.1, 0.15) is 10.4 Å². The zero-order valence-corrected chi connectivity index (χ0v) is 10.8. The number of amides is 1. The molecule has 19 heavy (non-hydrogen) atoms. The Morgan fingerprint density at radius 3 is 2.79 bits per heavy atom. The van der Waals surface area contributed by atoms with Crippen molar-refractivity contribution in [2.75, 3.05) is 12.4 Å². The molecule has 0 radical (unpaired) electrons. The van der Waals surface area contributed by atoms with E-state index in [2.05, 4.69) is 5.32 Å². The van der Waals surface area contributed by atoms with E-state index < -0.39 is 4.92 Å². The highest BCUT2D eigenvalue weighted by atomic mass is 32.1. The van der Waals surface area contributed by atoms with Gasteiger partial charge in [-0.2, -0.15) is 11.3 Å². The molecule has 0 aliphatic rings. The standard InChI is InChI=1S/C12H10N2O4S/c1-18-11-3-2-9(6-10(11)14(16)17)13-12(15)8-4-5-19-7-8/h2-7H,1H3,(H,13,15). The monoisotopic (exact) mass is 278 g/mol. The van der Waals surface area contributed by atoms with Crippen molar-refractivity contribution in [1.82, 2.24) is 0 Å². The third kappa shape index (κ3) is 2.89. The first-order chi connectivity index (χ1) is 9.11. The van der Waals surface area contributed by atoms with Gasteiger partial charge in [0.1, 0.15) is 0 Å². The van der Waals surface area contributed by atoms with Gasteiger partial charge in [0, 0.05) is 17.1 Å². The van der Waals surface area contributed by atoms with Crippen LogP contribution in [0.5, 0.6) is 5.75 Å². The second-order valence-corrected chi connectivity index (χ2v) is 4.39. The van der Waals surface area contributed by atoms with E-state index in [4.69, 9.17) is 4.74 Å². The van der Waals surface area contributed by atoms with Gasteiger partial charge in [0.05, 0.1) is 17.6 Å². The molecule has 0 unspecified atom stereocenters. The number of nitrogens with zero attached hydrogens (tertiary/aromatic N) is 1. The molecule has 1 amide bonds. The molecular formula is C12H10N2O4S. The summed E-state index contributed by atoms with van der Waals surface area (Å²) < 4.78 is 4.89. The molecule has 2 rings (SSSR count). The highest BCUT2D eigenvalue weighted by Crippen LogP contribution is 2.29. The lowest BCUT2D eigenvalue weighted by atomic mass is 10.2. The molecule has 0 atom stereocenters. The van der Waals surface area contributed by atoms with Gasteiger partial charge >= 0.3 is 5.69 Å². The van der Waals surface area contributed by atoms with Crippen LogP contribution in [0, 0.1) is 10.1 Å².